The highest BCUT2D eigenvalue weighted by atomic mass is 28.2. The first-order valence-electron chi connectivity index (χ1n) is 7.35. The molecule has 0 fully saturated rings. The van der Waals surface area contributed by atoms with Crippen LogP contribution in [0.3, 0.4) is 0 Å². The van der Waals surface area contributed by atoms with Gasteiger partial charge < -0.3 is 0 Å². The van der Waals surface area contributed by atoms with Gasteiger partial charge in [0.2, 0.25) is 0 Å². The summed E-state index contributed by atoms with van der Waals surface area (Å²) in [7, 11) is -0.478. The first-order chi connectivity index (χ1) is 10.4. The van der Waals surface area contributed by atoms with Crippen molar-refractivity contribution in [2.45, 2.75) is 0 Å². The van der Waals surface area contributed by atoms with Crippen LogP contribution in [0.25, 0.3) is 21.5 Å². The van der Waals surface area contributed by atoms with Crippen LogP contribution < -0.4 is 10.4 Å². The summed E-state index contributed by atoms with van der Waals surface area (Å²) in [5, 5.41) is 8.60. The number of rotatable bonds is 2. The topological polar surface area (TPSA) is 0 Å². The van der Waals surface area contributed by atoms with Crippen molar-refractivity contribution >= 4 is 41.4 Å². The summed E-state index contributed by atoms with van der Waals surface area (Å²) < 4.78 is 0. The smallest absolute Gasteiger partial charge is 0.0626 e. The normalized spacial score (nSPS) is 11.0. The summed E-state index contributed by atoms with van der Waals surface area (Å²) in [5.74, 6) is 0. The highest BCUT2D eigenvalue weighted by Gasteiger charge is 2.05. The van der Waals surface area contributed by atoms with Crippen molar-refractivity contribution in [1.29, 1.82) is 0 Å². The second-order valence-corrected chi connectivity index (χ2v) is 7.33. The average Bonchev–Trinajstić information content (AvgIpc) is 2.56. The highest BCUT2D eigenvalue weighted by molar-refractivity contribution is 6.72. The van der Waals surface area contributed by atoms with Gasteiger partial charge in [0.1, 0.15) is 0 Å². The minimum absolute atomic E-state index is 0.478. The van der Waals surface area contributed by atoms with Crippen LogP contribution in [0, 0.1) is 0 Å². The molecule has 0 nitrogen and oxygen atoms in total. The molecule has 4 aromatic rings. The Bertz CT molecular complexity index is 837. The van der Waals surface area contributed by atoms with Gasteiger partial charge in [-0.15, -0.1) is 0 Å². The summed E-state index contributed by atoms with van der Waals surface area (Å²) >= 11 is 0. The summed E-state index contributed by atoms with van der Waals surface area (Å²) in [6, 6.07) is 30.8. The van der Waals surface area contributed by atoms with Gasteiger partial charge in [0.05, 0.1) is 9.52 Å². The maximum atomic E-state index is 2.30. The van der Waals surface area contributed by atoms with Gasteiger partial charge in [-0.3, -0.25) is 0 Å². The standard InChI is InChI=1S/C20H16Si/c1-3-11-17-15(7-1)9-5-13-19(17)21-20-14-6-10-16-8-2-4-12-18(16)20/h1-14H,21H2. The third kappa shape index (κ3) is 2.26. The van der Waals surface area contributed by atoms with Gasteiger partial charge in [-0.25, -0.2) is 0 Å². The van der Waals surface area contributed by atoms with E-state index in [2.05, 4.69) is 84.9 Å². The lowest BCUT2D eigenvalue weighted by Crippen LogP contribution is -2.28. The van der Waals surface area contributed by atoms with Gasteiger partial charge >= 0.3 is 0 Å². The van der Waals surface area contributed by atoms with E-state index in [4.69, 9.17) is 0 Å². The molecule has 0 saturated carbocycles. The molecular weight excluding hydrogens is 268 g/mol. The van der Waals surface area contributed by atoms with E-state index < -0.39 is 9.52 Å². The van der Waals surface area contributed by atoms with E-state index in [1.165, 1.54) is 31.9 Å². The fourth-order valence-corrected chi connectivity index (χ4v) is 5.04. The van der Waals surface area contributed by atoms with Crippen molar-refractivity contribution < 1.29 is 0 Å². The zero-order valence-corrected chi connectivity index (χ0v) is 13.2. The molecule has 0 bridgehead atoms. The Hall–Kier alpha value is -2.38. The van der Waals surface area contributed by atoms with Crippen molar-refractivity contribution in [2.75, 3.05) is 0 Å². The van der Waals surface area contributed by atoms with E-state index in [1.807, 2.05) is 0 Å². The molecule has 0 spiro atoms. The molecule has 0 aliphatic heterocycles. The maximum Gasteiger partial charge on any atom is 0.0891 e. The molecule has 0 aliphatic rings. The molecule has 0 amide bonds. The van der Waals surface area contributed by atoms with Crippen molar-refractivity contribution in [1.82, 2.24) is 0 Å². The highest BCUT2D eigenvalue weighted by Crippen LogP contribution is 2.12. The third-order valence-corrected chi connectivity index (χ3v) is 6.14. The van der Waals surface area contributed by atoms with Crippen LogP contribution in [0.1, 0.15) is 0 Å². The molecule has 0 radical (unpaired) electrons. The number of hydrogen-bond donors (Lipinski definition) is 0. The van der Waals surface area contributed by atoms with Gasteiger partial charge in [0, 0.05) is 0 Å². The van der Waals surface area contributed by atoms with Crippen molar-refractivity contribution in [3.63, 3.8) is 0 Å². The van der Waals surface area contributed by atoms with Crippen LogP contribution in [-0.4, -0.2) is 9.52 Å². The van der Waals surface area contributed by atoms with E-state index in [9.17, 15) is 0 Å². The van der Waals surface area contributed by atoms with Gasteiger partial charge in [-0.05, 0) is 21.5 Å². The quantitative estimate of drug-likeness (QED) is 0.496. The Kier molecular flexibility index (Phi) is 3.06. The summed E-state index contributed by atoms with van der Waals surface area (Å²) in [4.78, 5) is 0. The Balaban J connectivity index is 1.87. The fourth-order valence-electron chi connectivity index (χ4n) is 3.10. The van der Waals surface area contributed by atoms with E-state index in [0.717, 1.165) is 0 Å². The van der Waals surface area contributed by atoms with Crippen LogP contribution in [0.4, 0.5) is 0 Å². The van der Waals surface area contributed by atoms with E-state index in [0.29, 0.717) is 0 Å². The second kappa shape index (κ2) is 5.19. The lowest BCUT2D eigenvalue weighted by Gasteiger charge is -2.09. The van der Waals surface area contributed by atoms with Crippen LogP contribution >= 0.6 is 0 Å². The molecular formula is C20H16Si. The van der Waals surface area contributed by atoms with Crippen molar-refractivity contribution in [3.05, 3.63) is 84.9 Å². The van der Waals surface area contributed by atoms with Crippen LogP contribution in [0.15, 0.2) is 84.9 Å². The van der Waals surface area contributed by atoms with E-state index in [1.54, 1.807) is 0 Å². The van der Waals surface area contributed by atoms with Crippen LogP contribution in [0.2, 0.25) is 0 Å². The second-order valence-electron chi connectivity index (χ2n) is 5.45. The zero-order valence-electron chi connectivity index (χ0n) is 11.8. The molecule has 100 valence electrons. The van der Waals surface area contributed by atoms with E-state index >= 15 is 0 Å². The molecule has 0 unspecified atom stereocenters. The predicted octanol–water partition coefficient (Wildman–Crippen LogP) is 3.11. The maximum absolute atomic E-state index is 2.30. The SMILES string of the molecule is c1ccc2c([SiH2]c3cccc4ccccc34)cccc2c1. The zero-order chi connectivity index (χ0) is 14.1. The van der Waals surface area contributed by atoms with Gasteiger partial charge in [0.15, 0.2) is 0 Å². The summed E-state index contributed by atoms with van der Waals surface area (Å²) in [5.41, 5.74) is 0. The molecule has 0 N–H and O–H groups in total. The summed E-state index contributed by atoms with van der Waals surface area (Å²) in [6.45, 7) is 0. The number of fused-ring (bicyclic) bond motifs is 2. The molecule has 0 heterocycles. The Labute approximate surface area is 126 Å². The van der Waals surface area contributed by atoms with Crippen molar-refractivity contribution in [2.24, 2.45) is 0 Å². The predicted molar refractivity (Wildman–Crippen MR) is 95.7 cm³/mol. The van der Waals surface area contributed by atoms with Crippen LogP contribution in [-0.2, 0) is 0 Å². The Morgan fingerprint density at radius 3 is 1.38 bits per heavy atom. The lowest BCUT2D eigenvalue weighted by molar-refractivity contribution is 1.77. The van der Waals surface area contributed by atoms with Gasteiger partial charge in [-0.2, -0.15) is 0 Å². The first kappa shape index (κ1) is 12.4. The molecule has 0 saturated heterocycles. The van der Waals surface area contributed by atoms with Crippen LogP contribution in [0.5, 0.6) is 0 Å². The summed E-state index contributed by atoms with van der Waals surface area (Å²) in [6.07, 6.45) is 0. The van der Waals surface area contributed by atoms with Gasteiger partial charge in [0.25, 0.3) is 0 Å². The third-order valence-electron chi connectivity index (χ3n) is 4.14. The molecule has 0 atom stereocenters. The van der Waals surface area contributed by atoms with Gasteiger partial charge in [-0.1, -0.05) is 95.3 Å². The monoisotopic (exact) mass is 284 g/mol. The first-order valence-corrected chi connectivity index (χ1v) is 8.76. The Morgan fingerprint density at radius 2 is 0.857 bits per heavy atom. The number of benzene rings is 4. The molecule has 21 heavy (non-hydrogen) atoms. The average molecular weight is 284 g/mol. The molecule has 4 aromatic carbocycles. The molecule has 4 rings (SSSR count). The number of hydrogen-bond acceptors (Lipinski definition) is 0. The minimum atomic E-state index is -0.478. The van der Waals surface area contributed by atoms with Crippen molar-refractivity contribution in [3.8, 4) is 0 Å². The minimum Gasteiger partial charge on any atom is -0.0626 e. The van der Waals surface area contributed by atoms with E-state index in [-0.39, 0.29) is 0 Å². The molecule has 0 aromatic heterocycles. The largest absolute Gasteiger partial charge is 0.0891 e. The fraction of sp³-hybridized carbons (Fsp3) is 0. The Morgan fingerprint density at radius 1 is 0.429 bits per heavy atom. The molecule has 1 heteroatoms. The molecule has 0 aliphatic carbocycles. The lowest BCUT2D eigenvalue weighted by atomic mass is 10.1.